The maximum Gasteiger partial charge on any atom is 0.264 e. The van der Waals surface area contributed by atoms with Gasteiger partial charge in [0.1, 0.15) is 4.75 Å². The lowest BCUT2D eigenvalue weighted by Gasteiger charge is -2.28. The lowest BCUT2D eigenvalue weighted by atomic mass is 10.1. The number of carbonyl (C=O) groups is 1. The van der Waals surface area contributed by atoms with Crippen LogP contribution in [0, 0.1) is 0 Å². The van der Waals surface area contributed by atoms with E-state index in [4.69, 9.17) is 15.1 Å². The van der Waals surface area contributed by atoms with Crippen molar-refractivity contribution in [3.63, 3.8) is 0 Å². The van der Waals surface area contributed by atoms with E-state index in [0.29, 0.717) is 13.0 Å². The molecule has 1 amide bonds. The van der Waals surface area contributed by atoms with Crippen LogP contribution in [0.1, 0.15) is 32.6 Å². The molecule has 1 saturated heterocycles. The van der Waals surface area contributed by atoms with Crippen LogP contribution in [0.3, 0.4) is 0 Å². The molecule has 10 heteroatoms. The molecule has 0 radical (unpaired) electrons. The van der Waals surface area contributed by atoms with Gasteiger partial charge in [0, 0.05) is 30.7 Å². The van der Waals surface area contributed by atoms with Crippen molar-refractivity contribution >= 4 is 15.7 Å². The van der Waals surface area contributed by atoms with Gasteiger partial charge in [-0.1, -0.05) is 5.11 Å². The molecule has 1 unspecified atom stereocenters. The topological polar surface area (TPSA) is 130 Å². The molecule has 1 heterocycles. The van der Waals surface area contributed by atoms with Crippen molar-refractivity contribution in [2.45, 2.75) is 43.6 Å². The standard InChI is InChI=1S/C11H20N4O5S/c1-11(21(2,17)18,6-7-13-15-12)10(16)14-20-9-5-3-4-8-19-9/h9H,3-8H2,1-2H3,(H,14,16)/t9?,11-/m1/s1. The van der Waals surface area contributed by atoms with Crippen molar-refractivity contribution in [2.75, 3.05) is 19.4 Å². The summed E-state index contributed by atoms with van der Waals surface area (Å²) in [5.74, 6) is -0.799. The molecule has 1 aliphatic heterocycles. The first-order valence-electron chi connectivity index (χ1n) is 6.59. The summed E-state index contributed by atoms with van der Waals surface area (Å²) in [4.78, 5) is 19.8. The van der Waals surface area contributed by atoms with E-state index in [2.05, 4.69) is 15.5 Å². The maximum absolute atomic E-state index is 12.1. The lowest BCUT2D eigenvalue weighted by molar-refractivity contribution is -0.201. The molecule has 1 rings (SSSR count). The van der Waals surface area contributed by atoms with Gasteiger partial charge in [-0.25, -0.2) is 18.7 Å². The van der Waals surface area contributed by atoms with Crippen molar-refractivity contribution in [1.29, 1.82) is 0 Å². The van der Waals surface area contributed by atoms with Gasteiger partial charge in [-0.05, 0) is 31.7 Å². The SMILES string of the molecule is C[C@@](CCN=[N+]=[N-])(C(=O)NOC1CCCCO1)S(C)(=O)=O. The van der Waals surface area contributed by atoms with Crippen molar-refractivity contribution in [2.24, 2.45) is 5.11 Å². The van der Waals surface area contributed by atoms with Crippen LogP contribution in [0.5, 0.6) is 0 Å². The molecular formula is C11H20N4O5S. The zero-order valence-electron chi connectivity index (χ0n) is 12.1. The van der Waals surface area contributed by atoms with E-state index in [1.807, 2.05) is 0 Å². The molecule has 1 N–H and O–H groups in total. The van der Waals surface area contributed by atoms with Crippen LogP contribution in [0.2, 0.25) is 0 Å². The van der Waals surface area contributed by atoms with Crippen molar-refractivity contribution in [3.05, 3.63) is 10.4 Å². The zero-order chi connectivity index (χ0) is 15.9. The molecule has 1 aliphatic rings. The molecule has 0 aromatic rings. The predicted octanol–water partition coefficient (Wildman–Crippen LogP) is 1.06. The summed E-state index contributed by atoms with van der Waals surface area (Å²) in [5, 5.41) is 3.27. The van der Waals surface area contributed by atoms with Crippen molar-refractivity contribution in [1.82, 2.24) is 5.48 Å². The van der Waals surface area contributed by atoms with Crippen LogP contribution >= 0.6 is 0 Å². The van der Waals surface area contributed by atoms with E-state index >= 15 is 0 Å². The Morgan fingerprint density at radius 1 is 1.57 bits per heavy atom. The van der Waals surface area contributed by atoms with Gasteiger partial charge < -0.3 is 4.74 Å². The van der Waals surface area contributed by atoms with Crippen molar-refractivity contribution < 1.29 is 22.8 Å². The van der Waals surface area contributed by atoms with E-state index in [0.717, 1.165) is 19.1 Å². The average molecular weight is 320 g/mol. The third-order valence-electron chi connectivity index (χ3n) is 3.47. The molecule has 0 aliphatic carbocycles. The number of sulfone groups is 1. The molecule has 0 aromatic heterocycles. The number of hydrogen-bond donors (Lipinski definition) is 1. The van der Waals surface area contributed by atoms with Crippen LogP contribution in [0.25, 0.3) is 10.4 Å². The van der Waals surface area contributed by atoms with Gasteiger partial charge in [0.25, 0.3) is 5.91 Å². The minimum absolute atomic E-state index is 0.104. The quantitative estimate of drug-likeness (QED) is 0.324. The number of ether oxygens (including phenoxy) is 1. The lowest BCUT2D eigenvalue weighted by Crippen LogP contribution is -2.51. The number of hydrogen-bond acceptors (Lipinski definition) is 6. The Kier molecular flexibility index (Phi) is 6.41. The number of nitrogens with zero attached hydrogens (tertiary/aromatic N) is 3. The molecule has 9 nitrogen and oxygen atoms in total. The Bertz CT molecular complexity index is 511. The summed E-state index contributed by atoms with van der Waals surface area (Å²) in [6.45, 7) is 1.71. The Morgan fingerprint density at radius 3 is 2.81 bits per heavy atom. The molecule has 120 valence electrons. The summed E-state index contributed by atoms with van der Waals surface area (Å²) >= 11 is 0. The van der Waals surface area contributed by atoms with E-state index in [1.54, 1.807) is 0 Å². The first-order valence-corrected chi connectivity index (χ1v) is 8.48. The van der Waals surface area contributed by atoms with E-state index < -0.39 is 26.8 Å². The van der Waals surface area contributed by atoms with Crippen LogP contribution in [0.15, 0.2) is 5.11 Å². The summed E-state index contributed by atoms with van der Waals surface area (Å²) in [6.07, 6.45) is 2.75. The molecule has 0 bridgehead atoms. The first kappa shape index (κ1) is 17.7. The fraction of sp³-hybridized carbons (Fsp3) is 0.909. The monoisotopic (exact) mass is 320 g/mol. The Hall–Kier alpha value is -1.35. The number of rotatable bonds is 7. The predicted molar refractivity (Wildman–Crippen MR) is 74.7 cm³/mol. The molecular weight excluding hydrogens is 300 g/mol. The third kappa shape index (κ3) is 4.85. The normalized spacial score (nSPS) is 21.9. The number of nitrogens with one attached hydrogen (secondary N) is 1. The molecule has 21 heavy (non-hydrogen) atoms. The Balaban J connectivity index is 2.68. The van der Waals surface area contributed by atoms with Gasteiger partial charge in [0.05, 0.1) is 0 Å². The van der Waals surface area contributed by atoms with E-state index in [1.165, 1.54) is 6.92 Å². The van der Waals surface area contributed by atoms with Gasteiger partial charge in [-0.3, -0.25) is 4.79 Å². The zero-order valence-corrected chi connectivity index (χ0v) is 12.9. The Labute approximate surface area is 123 Å². The van der Waals surface area contributed by atoms with Crippen LogP contribution in [-0.4, -0.2) is 44.8 Å². The van der Waals surface area contributed by atoms with Crippen LogP contribution in [0.4, 0.5) is 0 Å². The number of carbonyl (C=O) groups excluding carboxylic acids is 1. The second-order valence-corrected chi connectivity index (χ2v) is 7.50. The van der Waals surface area contributed by atoms with Gasteiger partial charge in [-0.2, -0.15) is 0 Å². The first-order chi connectivity index (χ1) is 9.81. The second-order valence-electron chi connectivity index (χ2n) is 5.05. The molecule has 1 fully saturated rings. The summed E-state index contributed by atoms with van der Waals surface area (Å²) < 4.78 is 27.3. The van der Waals surface area contributed by atoms with Crippen molar-refractivity contribution in [3.8, 4) is 0 Å². The number of amides is 1. The summed E-state index contributed by atoms with van der Waals surface area (Å²) in [5.41, 5.74) is 10.4. The third-order valence-corrected chi connectivity index (χ3v) is 5.50. The number of azide groups is 1. The smallest absolute Gasteiger partial charge is 0.264 e. The highest BCUT2D eigenvalue weighted by Gasteiger charge is 2.43. The van der Waals surface area contributed by atoms with Gasteiger partial charge >= 0.3 is 0 Å². The van der Waals surface area contributed by atoms with Crippen LogP contribution in [-0.2, 0) is 24.2 Å². The highest BCUT2D eigenvalue weighted by Crippen LogP contribution is 2.22. The largest absolute Gasteiger partial charge is 0.350 e. The fourth-order valence-corrected chi connectivity index (χ4v) is 2.65. The molecule has 0 saturated carbocycles. The minimum Gasteiger partial charge on any atom is -0.350 e. The highest BCUT2D eigenvalue weighted by molar-refractivity contribution is 7.92. The molecule has 0 spiro atoms. The Morgan fingerprint density at radius 2 is 2.29 bits per heavy atom. The second kappa shape index (κ2) is 7.60. The van der Waals surface area contributed by atoms with E-state index in [-0.39, 0.29) is 13.0 Å². The highest BCUT2D eigenvalue weighted by atomic mass is 32.2. The van der Waals surface area contributed by atoms with Gasteiger partial charge in [-0.15, -0.1) is 0 Å². The van der Waals surface area contributed by atoms with Gasteiger partial charge in [0.15, 0.2) is 16.1 Å². The van der Waals surface area contributed by atoms with Crippen LogP contribution < -0.4 is 5.48 Å². The summed E-state index contributed by atoms with van der Waals surface area (Å²) in [6, 6.07) is 0. The fourth-order valence-electron chi connectivity index (χ4n) is 1.81. The molecule has 0 aromatic carbocycles. The average Bonchev–Trinajstić information content (AvgIpc) is 2.44. The summed E-state index contributed by atoms with van der Waals surface area (Å²) in [7, 11) is -3.71. The molecule has 2 atom stereocenters. The maximum atomic E-state index is 12.1. The van der Waals surface area contributed by atoms with Gasteiger partial charge in [0.2, 0.25) is 0 Å². The van der Waals surface area contributed by atoms with E-state index in [9.17, 15) is 13.2 Å². The number of hydroxylamine groups is 1. The minimum atomic E-state index is -3.71.